The summed E-state index contributed by atoms with van der Waals surface area (Å²) in [7, 11) is 3.11. The lowest BCUT2D eigenvalue weighted by Gasteiger charge is -2.12. The van der Waals surface area contributed by atoms with Crippen LogP contribution in [0.3, 0.4) is 0 Å². The second kappa shape index (κ2) is 6.58. The van der Waals surface area contributed by atoms with Crippen molar-refractivity contribution in [2.45, 2.75) is 0 Å². The first kappa shape index (κ1) is 14.6. The molecule has 0 saturated heterocycles. The minimum Gasteiger partial charge on any atom is -0.493 e. The normalized spacial score (nSPS) is 10.9. The minimum absolute atomic E-state index is 0.317. The van der Waals surface area contributed by atoms with E-state index in [2.05, 4.69) is 0 Å². The standard InChI is InChI=1S/C17H14FNO2/c1-20-16-8-5-13(11-17(16)21-2)15(9-10-19)12-3-6-14(18)7-4-12/h3-9,11H,1-2H3/b15-9-. The highest BCUT2D eigenvalue weighted by molar-refractivity contribution is 5.82. The Balaban J connectivity index is 2.52. The van der Waals surface area contributed by atoms with Crippen molar-refractivity contribution in [1.29, 1.82) is 5.26 Å². The van der Waals surface area contributed by atoms with E-state index < -0.39 is 0 Å². The van der Waals surface area contributed by atoms with Crippen LogP contribution in [0.25, 0.3) is 5.57 Å². The smallest absolute Gasteiger partial charge is 0.161 e. The van der Waals surface area contributed by atoms with E-state index in [0.717, 1.165) is 11.1 Å². The van der Waals surface area contributed by atoms with E-state index in [1.807, 2.05) is 12.1 Å². The molecule has 0 aliphatic heterocycles. The van der Waals surface area contributed by atoms with E-state index >= 15 is 0 Å². The lowest BCUT2D eigenvalue weighted by molar-refractivity contribution is 0.355. The maximum absolute atomic E-state index is 13.0. The third-order valence-corrected chi connectivity index (χ3v) is 3.06. The van der Waals surface area contributed by atoms with Gasteiger partial charge in [0.1, 0.15) is 5.82 Å². The van der Waals surface area contributed by atoms with Crippen molar-refractivity contribution in [3.8, 4) is 17.6 Å². The molecule has 2 aromatic carbocycles. The summed E-state index contributed by atoms with van der Waals surface area (Å²) in [5.74, 6) is 0.861. The van der Waals surface area contributed by atoms with Crippen LogP contribution in [-0.4, -0.2) is 14.2 Å². The molecular formula is C17H14FNO2. The van der Waals surface area contributed by atoms with Crippen molar-refractivity contribution < 1.29 is 13.9 Å². The lowest BCUT2D eigenvalue weighted by Crippen LogP contribution is -1.94. The molecule has 4 heteroatoms. The molecule has 2 aromatic rings. The van der Waals surface area contributed by atoms with Crippen LogP contribution in [0.2, 0.25) is 0 Å². The molecule has 0 unspecified atom stereocenters. The predicted octanol–water partition coefficient (Wildman–Crippen LogP) is 3.80. The van der Waals surface area contributed by atoms with Crippen LogP contribution >= 0.6 is 0 Å². The van der Waals surface area contributed by atoms with Gasteiger partial charge in [0.2, 0.25) is 0 Å². The number of benzene rings is 2. The van der Waals surface area contributed by atoms with Crippen molar-refractivity contribution in [3.63, 3.8) is 0 Å². The maximum atomic E-state index is 13.0. The van der Waals surface area contributed by atoms with Gasteiger partial charge in [-0.15, -0.1) is 0 Å². The van der Waals surface area contributed by atoms with Gasteiger partial charge < -0.3 is 9.47 Å². The fourth-order valence-corrected chi connectivity index (χ4v) is 2.03. The zero-order valence-electron chi connectivity index (χ0n) is 11.8. The monoisotopic (exact) mass is 283 g/mol. The summed E-state index contributed by atoms with van der Waals surface area (Å²) in [5.41, 5.74) is 2.24. The third kappa shape index (κ3) is 3.21. The molecule has 0 atom stereocenters. The quantitative estimate of drug-likeness (QED) is 0.801. The first-order valence-electron chi connectivity index (χ1n) is 6.27. The van der Waals surface area contributed by atoms with E-state index in [1.54, 1.807) is 38.5 Å². The average Bonchev–Trinajstić information content (AvgIpc) is 2.53. The molecular weight excluding hydrogens is 269 g/mol. The van der Waals surface area contributed by atoms with Gasteiger partial charge in [-0.1, -0.05) is 18.2 Å². The number of allylic oxidation sites excluding steroid dienone is 1. The molecule has 0 amide bonds. The van der Waals surface area contributed by atoms with E-state index in [1.165, 1.54) is 18.2 Å². The molecule has 0 bridgehead atoms. The largest absolute Gasteiger partial charge is 0.493 e. The predicted molar refractivity (Wildman–Crippen MR) is 78.6 cm³/mol. The number of hydrogen-bond acceptors (Lipinski definition) is 3. The molecule has 0 N–H and O–H groups in total. The van der Waals surface area contributed by atoms with Crippen LogP contribution in [0.5, 0.6) is 11.5 Å². The Kier molecular flexibility index (Phi) is 4.57. The van der Waals surface area contributed by atoms with Gasteiger partial charge in [0.05, 0.1) is 20.3 Å². The van der Waals surface area contributed by atoms with Crippen LogP contribution < -0.4 is 9.47 Å². The second-order valence-corrected chi connectivity index (χ2v) is 4.26. The van der Waals surface area contributed by atoms with Crippen molar-refractivity contribution >= 4 is 5.57 Å². The Labute approximate surface area is 122 Å². The van der Waals surface area contributed by atoms with Crippen LogP contribution in [0.4, 0.5) is 4.39 Å². The molecule has 2 rings (SSSR count). The molecule has 106 valence electrons. The Morgan fingerprint density at radius 2 is 1.62 bits per heavy atom. The molecule has 3 nitrogen and oxygen atoms in total. The molecule has 0 spiro atoms. The molecule has 0 aromatic heterocycles. The second-order valence-electron chi connectivity index (χ2n) is 4.26. The number of hydrogen-bond donors (Lipinski definition) is 0. The van der Waals surface area contributed by atoms with Crippen LogP contribution in [-0.2, 0) is 0 Å². The SMILES string of the molecule is COc1ccc(/C(=C\C#N)c2ccc(F)cc2)cc1OC. The summed E-state index contributed by atoms with van der Waals surface area (Å²) in [6.07, 6.45) is 1.43. The highest BCUT2D eigenvalue weighted by Crippen LogP contribution is 2.32. The van der Waals surface area contributed by atoms with Crippen molar-refractivity contribution in [2.24, 2.45) is 0 Å². The Hall–Kier alpha value is -2.80. The summed E-state index contributed by atoms with van der Waals surface area (Å²) in [6.45, 7) is 0. The fraction of sp³-hybridized carbons (Fsp3) is 0.118. The van der Waals surface area contributed by atoms with Gasteiger partial charge >= 0.3 is 0 Å². The topological polar surface area (TPSA) is 42.2 Å². The van der Waals surface area contributed by atoms with Gasteiger partial charge in [-0.25, -0.2) is 4.39 Å². The zero-order chi connectivity index (χ0) is 15.2. The van der Waals surface area contributed by atoms with Gasteiger partial charge in [0.15, 0.2) is 11.5 Å². The highest BCUT2D eigenvalue weighted by atomic mass is 19.1. The Morgan fingerprint density at radius 3 is 2.19 bits per heavy atom. The molecule has 0 radical (unpaired) electrons. The number of nitriles is 1. The molecule has 0 aliphatic rings. The van der Waals surface area contributed by atoms with Gasteiger partial charge in [0.25, 0.3) is 0 Å². The summed E-state index contributed by atoms with van der Waals surface area (Å²) in [4.78, 5) is 0. The molecule has 0 fully saturated rings. The van der Waals surface area contributed by atoms with Crippen LogP contribution in [0, 0.1) is 17.1 Å². The first-order valence-corrected chi connectivity index (χ1v) is 6.27. The summed E-state index contributed by atoms with van der Waals surface area (Å²) in [5, 5.41) is 8.98. The van der Waals surface area contributed by atoms with Crippen molar-refractivity contribution in [1.82, 2.24) is 0 Å². The van der Waals surface area contributed by atoms with E-state index in [0.29, 0.717) is 17.1 Å². The van der Waals surface area contributed by atoms with Gasteiger partial charge in [0, 0.05) is 6.08 Å². The zero-order valence-corrected chi connectivity index (χ0v) is 11.8. The minimum atomic E-state index is -0.317. The molecule has 0 heterocycles. The Morgan fingerprint density at radius 1 is 1.00 bits per heavy atom. The highest BCUT2D eigenvalue weighted by Gasteiger charge is 2.10. The molecule has 0 aliphatic carbocycles. The van der Waals surface area contributed by atoms with Crippen molar-refractivity contribution in [2.75, 3.05) is 14.2 Å². The first-order chi connectivity index (χ1) is 10.2. The van der Waals surface area contributed by atoms with Gasteiger partial charge in [-0.3, -0.25) is 0 Å². The fourth-order valence-electron chi connectivity index (χ4n) is 2.03. The molecule has 21 heavy (non-hydrogen) atoms. The average molecular weight is 283 g/mol. The number of rotatable bonds is 4. The maximum Gasteiger partial charge on any atom is 0.161 e. The van der Waals surface area contributed by atoms with E-state index in [9.17, 15) is 4.39 Å². The lowest BCUT2D eigenvalue weighted by atomic mass is 9.97. The molecule has 0 saturated carbocycles. The Bertz CT molecular complexity index is 700. The van der Waals surface area contributed by atoms with E-state index in [4.69, 9.17) is 14.7 Å². The number of methoxy groups -OCH3 is 2. The number of ether oxygens (including phenoxy) is 2. The van der Waals surface area contributed by atoms with Crippen molar-refractivity contribution in [3.05, 3.63) is 65.5 Å². The van der Waals surface area contributed by atoms with Gasteiger partial charge in [-0.05, 0) is 41.0 Å². The van der Waals surface area contributed by atoms with Crippen LogP contribution in [0.1, 0.15) is 11.1 Å². The van der Waals surface area contributed by atoms with Gasteiger partial charge in [-0.2, -0.15) is 5.26 Å². The number of halogens is 1. The van der Waals surface area contributed by atoms with Crippen LogP contribution in [0.15, 0.2) is 48.5 Å². The summed E-state index contributed by atoms with van der Waals surface area (Å²) < 4.78 is 23.5. The number of nitrogens with zero attached hydrogens (tertiary/aromatic N) is 1. The summed E-state index contributed by atoms with van der Waals surface area (Å²) >= 11 is 0. The summed E-state index contributed by atoms with van der Waals surface area (Å²) in [6, 6.07) is 13.4. The third-order valence-electron chi connectivity index (χ3n) is 3.06. The van der Waals surface area contributed by atoms with E-state index in [-0.39, 0.29) is 5.82 Å².